The minimum absolute atomic E-state index is 0.708. The van der Waals surface area contributed by atoms with Crippen LogP contribution in [-0.4, -0.2) is 37.6 Å². The molecule has 2 heteroatoms. The van der Waals surface area contributed by atoms with Gasteiger partial charge in [-0.3, -0.25) is 0 Å². The van der Waals surface area contributed by atoms with Crippen LogP contribution in [0.3, 0.4) is 0 Å². The van der Waals surface area contributed by atoms with E-state index in [0.717, 1.165) is 17.9 Å². The zero-order chi connectivity index (χ0) is 10.7. The standard InChI is InChI=1S/C12H26N2/c1-9(2)10(3)14(5)12-7-6-11(12)8-13-4/h9-13H,6-8H2,1-5H3. The van der Waals surface area contributed by atoms with Crippen molar-refractivity contribution in [1.29, 1.82) is 0 Å². The molecule has 0 amide bonds. The van der Waals surface area contributed by atoms with Crippen molar-refractivity contribution >= 4 is 0 Å². The first-order valence-electron chi connectivity index (χ1n) is 5.94. The molecule has 0 radical (unpaired) electrons. The molecule has 0 heterocycles. The highest BCUT2D eigenvalue weighted by atomic mass is 15.2. The molecule has 1 aliphatic carbocycles. The van der Waals surface area contributed by atoms with Gasteiger partial charge in [0.15, 0.2) is 0 Å². The third kappa shape index (κ3) is 2.48. The van der Waals surface area contributed by atoms with Gasteiger partial charge in [0.2, 0.25) is 0 Å². The maximum Gasteiger partial charge on any atom is 0.0136 e. The maximum absolute atomic E-state index is 3.30. The van der Waals surface area contributed by atoms with Gasteiger partial charge in [-0.25, -0.2) is 0 Å². The van der Waals surface area contributed by atoms with Crippen LogP contribution >= 0.6 is 0 Å². The Kier molecular flexibility index (Phi) is 4.39. The molecule has 0 aromatic rings. The lowest BCUT2D eigenvalue weighted by Crippen LogP contribution is -2.52. The molecule has 84 valence electrons. The molecule has 3 atom stereocenters. The highest BCUT2D eigenvalue weighted by molar-refractivity contribution is 4.90. The van der Waals surface area contributed by atoms with E-state index in [9.17, 15) is 0 Å². The normalized spacial score (nSPS) is 29.4. The summed E-state index contributed by atoms with van der Waals surface area (Å²) < 4.78 is 0. The van der Waals surface area contributed by atoms with Gasteiger partial charge in [-0.2, -0.15) is 0 Å². The highest BCUT2D eigenvalue weighted by Crippen LogP contribution is 2.32. The van der Waals surface area contributed by atoms with Crippen LogP contribution in [0.4, 0.5) is 0 Å². The summed E-state index contributed by atoms with van der Waals surface area (Å²) in [6, 6.07) is 1.53. The molecular weight excluding hydrogens is 172 g/mol. The predicted octanol–water partition coefficient (Wildman–Crippen LogP) is 1.96. The average molecular weight is 198 g/mol. The third-order valence-corrected chi connectivity index (χ3v) is 3.97. The highest BCUT2D eigenvalue weighted by Gasteiger charge is 2.35. The summed E-state index contributed by atoms with van der Waals surface area (Å²) in [4.78, 5) is 2.58. The first kappa shape index (κ1) is 12.0. The molecule has 0 spiro atoms. The molecule has 0 bridgehead atoms. The number of hydrogen-bond acceptors (Lipinski definition) is 2. The number of nitrogens with zero attached hydrogens (tertiary/aromatic N) is 1. The zero-order valence-electron chi connectivity index (χ0n) is 10.4. The molecule has 0 aromatic carbocycles. The molecule has 3 unspecified atom stereocenters. The number of hydrogen-bond donors (Lipinski definition) is 1. The minimum atomic E-state index is 0.708. The van der Waals surface area contributed by atoms with E-state index < -0.39 is 0 Å². The SMILES string of the molecule is CNCC1CCC1N(C)C(C)C(C)C. The molecule has 1 N–H and O–H groups in total. The van der Waals surface area contributed by atoms with Gasteiger partial charge in [0.05, 0.1) is 0 Å². The van der Waals surface area contributed by atoms with Gasteiger partial charge in [-0.1, -0.05) is 13.8 Å². The largest absolute Gasteiger partial charge is 0.319 e. The predicted molar refractivity (Wildman–Crippen MR) is 62.5 cm³/mol. The second-order valence-corrected chi connectivity index (χ2v) is 5.11. The summed E-state index contributed by atoms with van der Waals surface area (Å²) in [6.07, 6.45) is 2.79. The van der Waals surface area contributed by atoms with Crippen molar-refractivity contribution in [3.8, 4) is 0 Å². The Balaban J connectivity index is 2.40. The van der Waals surface area contributed by atoms with E-state index >= 15 is 0 Å². The van der Waals surface area contributed by atoms with Gasteiger partial charge in [-0.15, -0.1) is 0 Å². The van der Waals surface area contributed by atoms with Crippen LogP contribution in [0.15, 0.2) is 0 Å². The Morgan fingerprint density at radius 1 is 1.29 bits per heavy atom. The summed E-state index contributed by atoms with van der Waals surface area (Å²) in [5.74, 6) is 1.64. The minimum Gasteiger partial charge on any atom is -0.319 e. The van der Waals surface area contributed by atoms with Crippen LogP contribution in [-0.2, 0) is 0 Å². The fourth-order valence-electron chi connectivity index (χ4n) is 2.36. The smallest absolute Gasteiger partial charge is 0.0136 e. The molecule has 0 aliphatic heterocycles. The first-order chi connectivity index (χ1) is 6.57. The summed E-state index contributed by atoms with van der Waals surface area (Å²) in [6.45, 7) is 8.15. The second kappa shape index (κ2) is 5.13. The Bertz CT molecular complexity index is 168. The van der Waals surface area contributed by atoms with Crippen LogP contribution in [0.5, 0.6) is 0 Å². The van der Waals surface area contributed by atoms with E-state index in [4.69, 9.17) is 0 Å². The van der Waals surface area contributed by atoms with E-state index in [1.54, 1.807) is 0 Å². The van der Waals surface area contributed by atoms with Crippen molar-refractivity contribution < 1.29 is 0 Å². The lowest BCUT2D eigenvalue weighted by molar-refractivity contribution is 0.0410. The van der Waals surface area contributed by atoms with Gasteiger partial charge in [0.1, 0.15) is 0 Å². The van der Waals surface area contributed by atoms with Gasteiger partial charge in [-0.05, 0) is 52.2 Å². The van der Waals surface area contributed by atoms with Crippen LogP contribution in [0.25, 0.3) is 0 Å². The number of nitrogens with one attached hydrogen (secondary N) is 1. The molecule has 1 saturated carbocycles. The lowest BCUT2D eigenvalue weighted by Gasteiger charge is -2.46. The van der Waals surface area contributed by atoms with E-state index in [0.29, 0.717) is 6.04 Å². The van der Waals surface area contributed by atoms with Gasteiger partial charge < -0.3 is 10.2 Å². The van der Waals surface area contributed by atoms with E-state index in [1.165, 1.54) is 19.4 Å². The van der Waals surface area contributed by atoms with Crippen molar-refractivity contribution in [2.75, 3.05) is 20.6 Å². The van der Waals surface area contributed by atoms with Gasteiger partial charge >= 0.3 is 0 Å². The van der Waals surface area contributed by atoms with E-state index in [-0.39, 0.29) is 0 Å². The first-order valence-corrected chi connectivity index (χ1v) is 5.94. The van der Waals surface area contributed by atoms with Crippen LogP contribution in [0.1, 0.15) is 33.6 Å². The fourth-order valence-corrected chi connectivity index (χ4v) is 2.36. The quantitative estimate of drug-likeness (QED) is 0.726. The maximum atomic E-state index is 3.30. The molecule has 14 heavy (non-hydrogen) atoms. The van der Waals surface area contributed by atoms with Crippen LogP contribution in [0.2, 0.25) is 0 Å². The average Bonchev–Trinajstić information content (AvgIpc) is 2.10. The van der Waals surface area contributed by atoms with Gasteiger partial charge in [0, 0.05) is 12.1 Å². The topological polar surface area (TPSA) is 15.3 Å². The molecule has 0 saturated heterocycles. The van der Waals surface area contributed by atoms with Crippen molar-refractivity contribution in [2.24, 2.45) is 11.8 Å². The number of rotatable bonds is 5. The summed E-state index contributed by atoms with van der Waals surface area (Å²) >= 11 is 0. The van der Waals surface area contributed by atoms with Crippen molar-refractivity contribution in [3.63, 3.8) is 0 Å². The lowest BCUT2D eigenvalue weighted by atomic mass is 9.77. The molecule has 1 aliphatic rings. The van der Waals surface area contributed by atoms with Gasteiger partial charge in [0.25, 0.3) is 0 Å². The Hall–Kier alpha value is -0.0800. The summed E-state index contributed by atoms with van der Waals surface area (Å²) in [5.41, 5.74) is 0. The summed E-state index contributed by atoms with van der Waals surface area (Å²) in [5, 5.41) is 3.30. The fraction of sp³-hybridized carbons (Fsp3) is 1.00. The Morgan fingerprint density at radius 2 is 1.93 bits per heavy atom. The summed E-state index contributed by atoms with van der Waals surface area (Å²) in [7, 11) is 4.35. The van der Waals surface area contributed by atoms with E-state index in [1.807, 2.05) is 0 Å². The van der Waals surface area contributed by atoms with Crippen molar-refractivity contribution in [3.05, 3.63) is 0 Å². The molecular formula is C12H26N2. The van der Waals surface area contributed by atoms with E-state index in [2.05, 4.69) is 45.1 Å². The molecule has 2 nitrogen and oxygen atoms in total. The monoisotopic (exact) mass is 198 g/mol. The Labute approximate surface area is 89.1 Å². The molecule has 1 rings (SSSR count). The van der Waals surface area contributed by atoms with Crippen molar-refractivity contribution in [1.82, 2.24) is 10.2 Å². The third-order valence-electron chi connectivity index (χ3n) is 3.97. The molecule has 0 aromatic heterocycles. The van der Waals surface area contributed by atoms with Crippen molar-refractivity contribution in [2.45, 2.75) is 45.7 Å². The van der Waals surface area contributed by atoms with Crippen LogP contribution in [0, 0.1) is 11.8 Å². The second-order valence-electron chi connectivity index (χ2n) is 5.11. The zero-order valence-corrected chi connectivity index (χ0v) is 10.4. The Morgan fingerprint density at radius 3 is 2.29 bits per heavy atom. The molecule has 1 fully saturated rings. The van der Waals surface area contributed by atoms with Crippen LogP contribution < -0.4 is 5.32 Å².